The fraction of sp³-hybridized carbons (Fsp3) is 0.214. The van der Waals surface area contributed by atoms with Gasteiger partial charge in [0.15, 0.2) is 0 Å². The van der Waals surface area contributed by atoms with Gasteiger partial charge >= 0.3 is 0 Å². The van der Waals surface area contributed by atoms with Crippen molar-refractivity contribution in [3.8, 4) is 0 Å². The van der Waals surface area contributed by atoms with E-state index in [1.54, 1.807) is 0 Å². The predicted octanol–water partition coefficient (Wildman–Crippen LogP) is 3.24. The molecule has 2 N–H and O–H groups in total. The second-order valence-corrected chi connectivity index (χ2v) is 6.60. The van der Waals surface area contributed by atoms with Crippen molar-refractivity contribution in [2.45, 2.75) is 20.1 Å². The van der Waals surface area contributed by atoms with Crippen LogP contribution in [0.1, 0.15) is 26.4 Å². The minimum absolute atomic E-state index is 0.0128. The Labute approximate surface area is 124 Å². The van der Waals surface area contributed by atoms with E-state index < -0.39 is 0 Å². The molecule has 0 bridgehead atoms. The lowest BCUT2D eigenvalue weighted by atomic mass is 10.1. The number of rotatable bonds is 4. The average molecular weight is 340 g/mol. The van der Waals surface area contributed by atoms with Crippen LogP contribution in [0.2, 0.25) is 0 Å². The van der Waals surface area contributed by atoms with Crippen molar-refractivity contribution < 1.29 is 9.90 Å². The van der Waals surface area contributed by atoms with Gasteiger partial charge in [0.25, 0.3) is 5.91 Å². The van der Waals surface area contributed by atoms with Gasteiger partial charge in [-0.1, -0.05) is 24.3 Å². The lowest BCUT2D eigenvalue weighted by molar-refractivity contribution is 0.0955. The van der Waals surface area contributed by atoms with Crippen LogP contribution < -0.4 is 5.32 Å². The summed E-state index contributed by atoms with van der Waals surface area (Å²) in [4.78, 5) is 12.7. The normalized spacial score (nSPS) is 10.5. The van der Waals surface area contributed by atoms with Gasteiger partial charge in [-0.05, 0) is 45.6 Å². The molecule has 19 heavy (non-hydrogen) atoms. The van der Waals surface area contributed by atoms with E-state index in [2.05, 4.69) is 21.2 Å². The van der Waals surface area contributed by atoms with E-state index in [-0.39, 0.29) is 12.5 Å². The summed E-state index contributed by atoms with van der Waals surface area (Å²) in [6.07, 6.45) is 0. The van der Waals surface area contributed by atoms with Crippen molar-refractivity contribution in [1.82, 2.24) is 5.32 Å². The summed E-state index contributed by atoms with van der Waals surface area (Å²) in [5.74, 6) is -0.0757. The van der Waals surface area contributed by atoms with E-state index in [4.69, 9.17) is 5.11 Å². The average Bonchev–Trinajstić information content (AvgIpc) is 2.76. The molecule has 0 aliphatic heterocycles. The molecule has 0 radical (unpaired) electrons. The van der Waals surface area contributed by atoms with Crippen LogP contribution in [-0.2, 0) is 13.2 Å². The number of nitrogens with one attached hydrogen (secondary N) is 1. The van der Waals surface area contributed by atoms with E-state index in [0.717, 1.165) is 20.5 Å². The Balaban J connectivity index is 2.00. The Bertz CT molecular complexity index is 575. The minimum Gasteiger partial charge on any atom is -0.392 e. The second kappa shape index (κ2) is 6.32. The number of hydrogen-bond donors (Lipinski definition) is 2. The molecule has 0 aliphatic carbocycles. The Morgan fingerprint density at radius 2 is 2.11 bits per heavy atom. The largest absolute Gasteiger partial charge is 0.392 e. The maximum atomic E-state index is 12.0. The molecule has 1 heterocycles. The first-order valence-corrected chi connectivity index (χ1v) is 7.44. The van der Waals surface area contributed by atoms with Crippen LogP contribution in [0.4, 0.5) is 0 Å². The molecule has 1 aromatic carbocycles. The number of carbonyl (C=O) groups excluding carboxylic acids is 1. The molecule has 100 valence electrons. The van der Waals surface area contributed by atoms with Gasteiger partial charge in [-0.2, -0.15) is 0 Å². The molecule has 3 nitrogen and oxygen atoms in total. The van der Waals surface area contributed by atoms with E-state index >= 15 is 0 Å². The molecule has 1 amide bonds. The molecule has 5 heteroatoms. The second-order valence-electron chi connectivity index (χ2n) is 4.23. The summed E-state index contributed by atoms with van der Waals surface area (Å²) in [6.45, 7) is 2.43. The molecule has 1 aromatic heterocycles. The maximum absolute atomic E-state index is 12.0. The lowest BCUT2D eigenvalue weighted by Crippen LogP contribution is -2.21. The Hall–Kier alpha value is -1.17. The van der Waals surface area contributed by atoms with Gasteiger partial charge in [0, 0.05) is 6.54 Å². The highest BCUT2D eigenvalue weighted by atomic mass is 79.9. The Morgan fingerprint density at radius 3 is 2.74 bits per heavy atom. The molecule has 0 aliphatic rings. The molecular weight excluding hydrogens is 326 g/mol. The SMILES string of the molecule is Cc1cc(C(=O)NCc2cccc(CO)c2)sc1Br. The summed E-state index contributed by atoms with van der Waals surface area (Å²) < 4.78 is 0.986. The molecule has 0 atom stereocenters. The third-order valence-corrected chi connectivity index (χ3v) is 4.84. The molecule has 2 rings (SSSR count). The van der Waals surface area contributed by atoms with Gasteiger partial charge in [0.05, 0.1) is 15.3 Å². The Morgan fingerprint density at radius 1 is 1.37 bits per heavy atom. The van der Waals surface area contributed by atoms with Gasteiger partial charge in [0.1, 0.15) is 0 Å². The summed E-state index contributed by atoms with van der Waals surface area (Å²) in [6, 6.07) is 9.41. The molecule has 0 saturated carbocycles. The van der Waals surface area contributed by atoms with Crippen LogP contribution in [0.5, 0.6) is 0 Å². The van der Waals surface area contributed by atoms with E-state index in [1.165, 1.54) is 11.3 Å². The number of aliphatic hydroxyl groups excluding tert-OH is 1. The quantitative estimate of drug-likeness (QED) is 0.898. The van der Waals surface area contributed by atoms with Gasteiger partial charge < -0.3 is 10.4 Å². The van der Waals surface area contributed by atoms with Gasteiger partial charge in [-0.3, -0.25) is 4.79 Å². The number of aliphatic hydroxyl groups is 1. The summed E-state index contributed by atoms with van der Waals surface area (Å²) in [7, 11) is 0. The number of aryl methyl sites for hydroxylation is 1. The zero-order valence-electron chi connectivity index (χ0n) is 10.4. The fourth-order valence-electron chi connectivity index (χ4n) is 1.68. The van der Waals surface area contributed by atoms with Gasteiger partial charge in [-0.15, -0.1) is 11.3 Å². The van der Waals surface area contributed by atoms with Gasteiger partial charge in [0.2, 0.25) is 0 Å². The highest BCUT2D eigenvalue weighted by Crippen LogP contribution is 2.27. The smallest absolute Gasteiger partial charge is 0.261 e. The number of benzene rings is 1. The first-order valence-electron chi connectivity index (χ1n) is 5.83. The zero-order chi connectivity index (χ0) is 13.8. The number of halogens is 1. The lowest BCUT2D eigenvalue weighted by Gasteiger charge is -2.05. The number of carbonyl (C=O) groups is 1. The highest BCUT2D eigenvalue weighted by Gasteiger charge is 2.10. The molecule has 0 saturated heterocycles. The Kier molecular flexibility index (Phi) is 4.74. The summed E-state index contributed by atoms with van der Waals surface area (Å²) in [5, 5.41) is 11.9. The van der Waals surface area contributed by atoms with Crippen molar-refractivity contribution >= 4 is 33.2 Å². The topological polar surface area (TPSA) is 49.3 Å². The van der Waals surface area contributed by atoms with E-state index in [1.807, 2.05) is 37.3 Å². The molecule has 0 spiro atoms. The first-order chi connectivity index (χ1) is 9.10. The van der Waals surface area contributed by atoms with E-state index in [0.29, 0.717) is 11.4 Å². The van der Waals surface area contributed by atoms with Crippen molar-refractivity contribution in [2.75, 3.05) is 0 Å². The first kappa shape index (κ1) is 14.2. The predicted molar refractivity (Wildman–Crippen MR) is 80.3 cm³/mol. The standard InChI is InChI=1S/C14H14BrNO2S/c1-9-5-12(19-13(9)15)14(18)16-7-10-3-2-4-11(6-10)8-17/h2-6,17H,7-8H2,1H3,(H,16,18). The van der Waals surface area contributed by atoms with Crippen LogP contribution in [0.3, 0.4) is 0 Å². The summed E-state index contributed by atoms with van der Waals surface area (Å²) >= 11 is 4.84. The third-order valence-electron chi connectivity index (χ3n) is 2.71. The minimum atomic E-state index is -0.0757. The van der Waals surface area contributed by atoms with Crippen LogP contribution in [-0.4, -0.2) is 11.0 Å². The van der Waals surface area contributed by atoms with Crippen LogP contribution in [0.15, 0.2) is 34.1 Å². The van der Waals surface area contributed by atoms with Crippen molar-refractivity contribution in [3.63, 3.8) is 0 Å². The zero-order valence-corrected chi connectivity index (χ0v) is 12.8. The van der Waals surface area contributed by atoms with Crippen LogP contribution in [0.25, 0.3) is 0 Å². The van der Waals surface area contributed by atoms with Crippen molar-refractivity contribution in [3.05, 3.63) is 55.7 Å². The van der Waals surface area contributed by atoms with Crippen molar-refractivity contribution in [2.24, 2.45) is 0 Å². The van der Waals surface area contributed by atoms with Crippen LogP contribution >= 0.6 is 27.3 Å². The number of thiophene rings is 1. The fourth-order valence-corrected chi connectivity index (χ4v) is 3.13. The maximum Gasteiger partial charge on any atom is 0.261 e. The van der Waals surface area contributed by atoms with E-state index in [9.17, 15) is 4.79 Å². The monoisotopic (exact) mass is 339 g/mol. The van der Waals surface area contributed by atoms with Crippen LogP contribution in [0, 0.1) is 6.92 Å². The number of hydrogen-bond acceptors (Lipinski definition) is 3. The highest BCUT2D eigenvalue weighted by molar-refractivity contribution is 9.11. The third kappa shape index (κ3) is 3.65. The van der Waals surface area contributed by atoms with Gasteiger partial charge in [-0.25, -0.2) is 0 Å². The molecule has 2 aromatic rings. The number of amides is 1. The van der Waals surface area contributed by atoms with Crippen molar-refractivity contribution in [1.29, 1.82) is 0 Å². The molecule has 0 fully saturated rings. The molecule has 0 unspecified atom stereocenters. The molecular formula is C14H14BrNO2S. The summed E-state index contributed by atoms with van der Waals surface area (Å²) in [5.41, 5.74) is 2.89.